The van der Waals surface area contributed by atoms with E-state index in [1.54, 1.807) is 11.3 Å². The summed E-state index contributed by atoms with van der Waals surface area (Å²) >= 11 is 1.65. The van der Waals surface area contributed by atoms with Gasteiger partial charge in [0.2, 0.25) is 11.8 Å². The molecule has 1 aliphatic heterocycles. The van der Waals surface area contributed by atoms with Gasteiger partial charge in [0.05, 0.1) is 12.1 Å². The lowest BCUT2D eigenvalue weighted by molar-refractivity contribution is -0.125. The van der Waals surface area contributed by atoms with Gasteiger partial charge in [-0.15, -0.1) is 11.3 Å². The van der Waals surface area contributed by atoms with Gasteiger partial charge in [-0.2, -0.15) is 0 Å². The molecule has 32 heavy (non-hydrogen) atoms. The molecule has 1 unspecified atom stereocenters. The van der Waals surface area contributed by atoms with Crippen LogP contribution in [0, 0.1) is 0 Å². The van der Waals surface area contributed by atoms with Crippen molar-refractivity contribution in [3.8, 4) is 0 Å². The van der Waals surface area contributed by atoms with Crippen LogP contribution in [-0.2, 0) is 16.0 Å². The van der Waals surface area contributed by atoms with Gasteiger partial charge in [-0.25, -0.2) is 4.98 Å². The molecule has 1 amide bonds. The number of aromatic nitrogens is 1. The molecule has 0 bridgehead atoms. The number of rotatable bonds is 10. The molecule has 0 radical (unpaired) electrons. The molecule has 3 N–H and O–H groups in total. The van der Waals surface area contributed by atoms with Crippen molar-refractivity contribution in [1.29, 1.82) is 0 Å². The van der Waals surface area contributed by atoms with E-state index in [9.17, 15) is 9.90 Å². The Morgan fingerprint density at radius 1 is 1.25 bits per heavy atom. The summed E-state index contributed by atoms with van der Waals surface area (Å²) in [5.74, 6) is 0.121. The van der Waals surface area contributed by atoms with E-state index in [2.05, 4.69) is 15.6 Å². The number of nitrogens with one attached hydrogen (secondary N) is 2. The number of carbonyl (C=O) groups is 1. The lowest BCUT2D eigenvalue weighted by atomic mass is 10.0. The first-order chi connectivity index (χ1) is 15.6. The first-order valence-electron chi connectivity index (χ1n) is 11.3. The largest absolute Gasteiger partial charge is 0.438 e. The second-order valence-electron chi connectivity index (χ2n) is 8.26. The maximum absolute atomic E-state index is 13.4. The van der Waals surface area contributed by atoms with E-state index in [0.29, 0.717) is 37.2 Å². The minimum absolute atomic E-state index is 0.112. The summed E-state index contributed by atoms with van der Waals surface area (Å²) < 4.78 is 11.2. The molecule has 3 heterocycles. The van der Waals surface area contributed by atoms with Crippen molar-refractivity contribution < 1.29 is 19.1 Å². The van der Waals surface area contributed by atoms with E-state index in [4.69, 9.17) is 9.15 Å². The third-order valence-corrected chi connectivity index (χ3v) is 6.73. The topological polar surface area (TPSA) is 96.6 Å². The highest BCUT2D eigenvalue weighted by molar-refractivity contribution is 7.09. The first kappa shape index (κ1) is 22.9. The monoisotopic (exact) mass is 457 g/mol. The molecule has 3 atom stereocenters. The van der Waals surface area contributed by atoms with Crippen molar-refractivity contribution in [3.05, 3.63) is 52.5 Å². The Labute approximate surface area is 192 Å². The van der Waals surface area contributed by atoms with Gasteiger partial charge in [0.25, 0.3) is 0 Å². The maximum Gasteiger partial charge on any atom is 0.237 e. The summed E-state index contributed by atoms with van der Waals surface area (Å²) in [4.78, 5) is 18.9. The second-order valence-corrected chi connectivity index (χ2v) is 9.29. The van der Waals surface area contributed by atoms with Crippen molar-refractivity contribution in [2.45, 2.75) is 63.3 Å². The molecule has 1 aliphatic rings. The molecule has 1 fully saturated rings. The summed E-state index contributed by atoms with van der Waals surface area (Å²) in [6.45, 7) is 3.45. The van der Waals surface area contributed by atoms with Crippen LogP contribution in [0.5, 0.6) is 0 Å². The molecule has 1 saturated heterocycles. The number of amides is 1. The Kier molecular flexibility index (Phi) is 7.91. The van der Waals surface area contributed by atoms with Crippen LogP contribution in [0.2, 0.25) is 0 Å². The average molecular weight is 458 g/mol. The minimum atomic E-state index is -1.02. The fraction of sp³-hybridized carbons (Fsp3) is 0.500. The lowest BCUT2D eigenvalue weighted by Crippen LogP contribution is -2.53. The summed E-state index contributed by atoms with van der Waals surface area (Å²) in [5.41, 5.74) is 1.32. The molecule has 1 aromatic carbocycles. The number of benzene rings is 1. The summed E-state index contributed by atoms with van der Waals surface area (Å²) in [6, 6.07) is 10.8. The van der Waals surface area contributed by atoms with Gasteiger partial charge in [-0.1, -0.05) is 31.5 Å². The number of aliphatic hydroxyl groups is 1. The molecule has 172 valence electrons. The number of thiophene rings is 1. The van der Waals surface area contributed by atoms with Gasteiger partial charge < -0.3 is 24.9 Å². The predicted molar refractivity (Wildman–Crippen MR) is 125 cm³/mol. The SMILES string of the molecule is CCCC(NC(=O)[C@H](Cc1cccs1)NC1CCOCC1)[C@H](O)c1nc2ccccc2o1. The second kappa shape index (κ2) is 11.0. The van der Waals surface area contributed by atoms with Crippen molar-refractivity contribution in [2.24, 2.45) is 0 Å². The van der Waals surface area contributed by atoms with Gasteiger partial charge in [-0.05, 0) is 42.8 Å². The number of para-hydroxylation sites is 2. The van der Waals surface area contributed by atoms with Crippen LogP contribution < -0.4 is 10.6 Å². The van der Waals surface area contributed by atoms with E-state index in [1.165, 1.54) is 0 Å². The van der Waals surface area contributed by atoms with Crippen LogP contribution in [0.3, 0.4) is 0 Å². The Hall–Kier alpha value is -2.26. The number of hydrogen-bond acceptors (Lipinski definition) is 7. The van der Waals surface area contributed by atoms with Crippen molar-refractivity contribution >= 4 is 28.3 Å². The van der Waals surface area contributed by atoms with E-state index >= 15 is 0 Å². The van der Waals surface area contributed by atoms with Crippen molar-refractivity contribution in [1.82, 2.24) is 15.6 Å². The standard InChI is InChI=1S/C24H31N3O4S/c1-2-6-19(22(28)24-27-18-8-3-4-9-21(18)31-24)26-23(29)20(15-17-7-5-14-32-17)25-16-10-12-30-13-11-16/h3-5,7-9,14,16,19-20,22,25,28H,2,6,10-13,15H2,1H3,(H,26,29)/t19?,20-,22-/m0/s1. The molecular formula is C24H31N3O4S. The highest BCUT2D eigenvalue weighted by atomic mass is 32.1. The van der Waals surface area contributed by atoms with Crippen LogP contribution in [0.25, 0.3) is 11.1 Å². The highest BCUT2D eigenvalue weighted by Crippen LogP contribution is 2.24. The van der Waals surface area contributed by atoms with Crippen molar-refractivity contribution in [2.75, 3.05) is 13.2 Å². The number of fused-ring (bicyclic) bond motifs is 1. The van der Waals surface area contributed by atoms with E-state index in [1.807, 2.05) is 48.7 Å². The summed E-state index contributed by atoms with van der Waals surface area (Å²) in [5, 5.41) is 19.7. The van der Waals surface area contributed by atoms with Crippen LogP contribution in [0.1, 0.15) is 49.5 Å². The Balaban J connectivity index is 1.48. The smallest absolute Gasteiger partial charge is 0.237 e. The molecule has 7 nitrogen and oxygen atoms in total. The minimum Gasteiger partial charge on any atom is -0.438 e. The molecule has 4 rings (SSSR count). The van der Waals surface area contributed by atoms with Gasteiger partial charge in [0.15, 0.2) is 11.7 Å². The van der Waals surface area contributed by atoms with Crippen LogP contribution in [-0.4, -0.2) is 47.3 Å². The highest BCUT2D eigenvalue weighted by Gasteiger charge is 2.30. The Bertz CT molecular complexity index is 951. The Morgan fingerprint density at radius 2 is 2.06 bits per heavy atom. The molecule has 3 aromatic rings. The summed E-state index contributed by atoms with van der Waals surface area (Å²) in [6.07, 6.45) is 2.80. The van der Waals surface area contributed by atoms with Gasteiger partial charge in [0, 0.05) is 30.6 Å². The zero-order valence-electron chi connectivity index (χ0n) is 18.3. The number of hydrogen-bond donors (Lipinski definition) is 3. The van der Waals surface area contributed by atoms with Crippen LogP contribution in [0.15, 0.2) is 46.2 Å². The number of ether oxygens (including phenoxy) is 1. The molecule has 8 heteroatoms. The summed E-state index contributed by atoms with van der Waals surface area (Å²) in [7, 11) is 0. The van der Waals surface area contributed by atoms with Crippen LogP contribution >= 0.6 is 11.3 Å². The quantitative estimate of drug-likeness (QED) is 0.431. The number of carbonyl (C=O) groups excluding carboxylic acids is 1. The third kappa shape index (κ3) is 5.75. The lowest BCUT2D eigenvalue weighted by Gasteiger charge is -2.30. The predicted octanol–water partition coefficient (Wildman–Crippen LogP) is 3.59. The van der Waals surface area contributed by atoms with Crippen LogP contribution in [0.4, 0.5) is 0 Å². The normalized spacial score (nSPS) is 17.8. The van der Waals surface area contributed by atoms with E-state index < -0.39 is 12.1 Å². The van der Waals surface area contributed by atoms with Crippen molar-refractivity contribution in [3.63, 3.8) is 0 Å². The zero-order valence-corrected chi connectivity index (χ0v) is 19.1. The number of oxazole rings is 1. The van der Waals surface area contributed by atoms with E-state index in [-0.39, 0.29) is 23.9 Å². The van der Waals surface area contributed by atoms with Gasteiger partial charge in [-0.3, -0.25) is 4.79 Å². The molecule has 0 saturated carbocycles. The fourth-order valence-corrected chi connectivity index (χ4v) is 4.85. The fourth-order valence-electron chi connectivity index (χ4n) is 4.10. The third-order valence-electron chi connectivity index (χ3n) is 5.83. The molecular weight excluding hydrogens is 426 g/mol. The average Bonchev–Trinajstić information content (AvgIpc) is 3.48. The zero-order chi connectivity index (χ0) is 22.3. The molecule has 0 spiro atoms. The van der Waals surface area contributed by atoms with E-state index in [0.717, 1.165) is 24.1 Å². The first-order valence-corrected chi connectivity index (χ1v) is 12.2. The molecule has 2 aromatic heterocycles. The number of nitrogens with zero attached hydrogens (tertiary/aromatic N) is 1. The maximum atomic E-state index is 13.4. The number of aliphatic hydroxyl groups excluding tert-OH is 1. The Morgan fingerprint density at radius 3 is 2.78 bits per heavy atom. The molecule has 0 aliphatic carbocycles. The van der Waals surface area contributed by atoms with Gasteiger partial charge in [0.1, 0.15) is 5.52 Å². The van der Waals surface area contributed by atoms with Gasteiger partial charge >= 0.3 is 0 Å².